The number of aromatic nitrogens is 1. The van der Waals surface area contributed by atoms with Crippen LogP contribution in [0, 0.1) is 11.6 Å². The van der Waals surface area contributed by atoms with E-state index in [0.29, 0.717) is 52.7 Å². The highest BCUT2D eigenvalue weighted by molar-refractivity contribution is 6.31. The Balaban J connectivity index is 1.60. The lowest BCUT2D eigenvalue weighted by Gasteiger charge is -2.20. The first kappa shape index (κ1) is 23.9. The second kappa shape index (κ2) is 9.70. The SMILES string of the molecule is CCN(CC)C(=O)Oc1ccc2c(ccn2Cc2cc3c(cc2Cl)OCO3)c1-c1ccc(F)c(F)c1. The fourth-order valence-electron chi connectivity index (χ4n) is 4.33. The monoisotopic (exact) mass is 512 g/mol. The van der Waals surface area contributed by atoms with E-state index in [9.17, 15) is 13.6 Å². The van der Waals surface area contributed by atoms with Gasteiger partial charge in [-0.3, -0.25) is 0 Å². The molecule has 9 heteroatoms. The molecule has 0 aliphatic carbocycles. The van der Waals surface area contributed by atoms with Crippen LogP contribution in [0.25, 0.3) is 22.0 Å². The summed E-state index contributed by atoms with van der Waals surface area (Å²) in [5.41, 5.74) is 2.50. The number of nitrogens with zero attached hydrogens (tertiary/aromatic N) is 2. The summed E-state index contributed by atoms with van der Waals surface area (Å²) in [5, 5.41) is 1.24. The summed E-state index contributed by atoms with van der Waals surface area (Å²) < 4.78 is 46.5. The highest BCUT2D eigenvalue weighted by atomic mass is 35.5. The zero-order chi connectivity index (χ0) is 25.4. The Hall–Kier alpha value is -3.78. The van der Waals surface area contributed by atoms with Crippen LogP contribution in [0.1, 0.15) is 19.4 Å². The molecule has 0 atom stereocenters. The molecule has 5 rings (SSSR count). The van der Waals surface area contributed by atoms with Crippen molar-refractivity contribution in [2.45, 2.75) is 20.4 Å². The van der Waals surface area contributed by atoms with Crippen molar-refractivity contribution in [1.29, 1.82) is 0 Å². The maximum atomic E-state index is 14.2. The van der Waals surface area contributed by atoms with Gasteiger partial charge in [-0.25, -0.2) is 13.6 Å². The molecule has 1 aliphatic heterocycles. The second-order valence-corrected chi connectivity index (χ2v) is 8.69. The van der Waals surface area contributed by atoms with Crippen LogP contribution in [-0.4, -0.2) is 35.4 Å². The predicted octanol–water partition coefficient (Wildman–Crippen LogP) is 6.86. The number of carbonyl (C=O) groups is 1. The predicted molar refractivity (Wildman–Crippen MR) is 133 cm³/mol. The number of rotatable bonds is 6. The Bertz CT molecular complexity index is 1470. The van der Waals surface area contributed by atoms with Crippen LogP contribution in [0.4, 0.5) is 13.6 Å². The summed E-state index contributed by atoms with van der Waals surface area (Å²) in [7, 11) is 0. The molecule has 1 aliphatic rings. The van der Waals surface area contributed by atoms with E-state index >= 15 is 0 Å². The molecule has 0 saturated heterocycles. The average Bonchev–Trinajstić information content (AvgIpc) is 3.48. The number of hydrogen-bond acceptors (Lipinski definition) is 4. The van der Waals surface area contributed by atoms with E-state index in [1.54, 1.807) is 12.1 Å². The molecule has 0 spiro atoms. The van der Waals surface area contributed by atoms with Gasteiger partial charge in [-0.15, -0.1) is 0 Å². The molecule has 0 bridgehead atoms. The van der Waals surface area contributed by atoms with E-state index in [-0.39, 0.29) is 12.5 Å². The second-order valence-electron chi connectivity index (χ2n) is 8.28. The lowest BCUT2D eigenvalue weighted by atomic mass is 10.00. The molecule has 3 aromatic carbocycles. The quantitative estimate of drug-likeness (QED) is 0.283. The van der Waals surface area contributed by atoms with Crippen molar-refractivity contribution in [2.24, 2.45) is 0 Å². The van der Waals surface area contributed by atoms with Crippen molar-refractivity contribution < 1.29 is 27.8 Å². The van der Waals surface area contributed by atoms with Crippen molar-refractivity contribution in [2.75, 3.05) is 19.9 Å². The number of amides is 1. The van der Waals surface area contributed by atoms with Crippen LogP contribution in [0.3, 0.4) is 0 Å². The molecule has 0 radical (unpaired) electrons. The summed E-state index contributed by atoms with van der Waals surface area (Å²) in [6, 6.07) is 12.5. The molecule has 2 heterocycles. The summed E-state index contributed by atoms with van der Waals surface area (Å²) >= 11 is 6.49. The molecule has 36 heavy (non-hydrogen) atoms. The standard InChI is InChI=1S/C27H23ClF2N2O4/c1-3-31(4-2)27(33)36-23-8-7-22-18(26(23)16-5-6-20(29)21(30)11-16)9-10-32(22)14-17-12-24-25(13-19(17)28)35-15-34-24/h5-13H,3-4,14-15H2,1-2H3. The fourth-order valence-corrected chi connectivity index (χ4v) is 4.54. The van der Waals surface area contributed by atoms with Crippen molar-refractivity contribution in [3.05, 3.63) is 76.9 Å². The topological polar surface area (TPSA) is 52.9 Å². The number of benzene rings is 3. The van der Waals surface area contributed by atoms with Gasteiger partial charge in [0.05, 0.1) is 0 Å². The molecule has 186 valence electrons. The molecule has 0 saturated carbocycles. The maximum absolute atomic E-state index is 14.2. The van der Waals surface area contributed by atoms with E-state index in [1.807, 2.05) is 42.8 Å². The molecule has 1 aromatic heterocycles. The third-order valence-electron chi connectivity index (χ3n) is 6.22. The van der Waals surface area contributed by atoms with Gasteiger partial charge < -0.3 is 23.7 Å². The molecule has 0 N–H and O–H groups in total. The number of halogens is 3. The van der Waals surface area contributed by atoms with E-state index < -0.39 is 17.7 Å². The molecule has 1 amide bonds. The molecule has 0 fully saturated rings. The number of hydrogen-bond donors (Lipinski definition) is 0. The van der Waals surface area contributed by atoms with Gasteiger partial charge in [0.25, 0.3) is 0 Å². The van der Waals surface area contributed by atoms with Crippen LogP contribution in [0.5, 0.6) is 17.2 Å². The van der Waals surface area contributed by atoms with Crippen LogP contribution in [0.2, 0.25) is 5.02 Å². The summed E-state index contributed by atoms with van der Waals surface area (Å²) in [4.78, 5) is 14.3. The van der Waals surface area contributed by atoms with E-state index in [0.717, 1.165) is 23.2 Å². The summed E-state index contributed by atoms with van der Waals surface area (Å²) in [6.07, 6.45) is 1.35. The average molecular weight is 513 g/mol. The minimum atomic E-state index is -0.989. The van der Waals surface area contributed by atoms with Gasteiger partial charge in [-0.05, 0) is 61.4 Å². The minimum Gasteiger partial charge on any atom is -0.454 e. The van der Waals surface area contributed by atoms with Gasteiger partial charge in [0, 0.05) is 53.4 Å². The minimum absolute atomic E-state index is 0.147. The first-order valence-electron chi connectivity index (χ1n) is 11.5. The highest BCUT2D eigenvalue weighted by Gasteiger charge is 2.21. The van der Waals surface area contributed by atoms with E-state index in [1.165, 1.54) is 11.0 Å². The van der Waals surface area contributed by atoms with E-state index in [4.69, 9.17) is 25.8 Å². The molecule has 4 aromatic rings. The van der Waals surface area contributed by atoms with E-state index in [2.05, 4.69) is 0 Å². The normalized spacial score (nSPS) is 12.2. The summed E-state index contributed by atoms with van der Waals surface area (Å²) in [6.45, 7) is 5.23. The van der Waals surface area contributed by atoms with Crippen molar-refractivity contribution in [1.82, 2.24) is 9.47 Å². The lowest BCUT2D eigenvalue weighted by molar-refractivity contribution is 0.157. The smallest absolute Gasteiger partial charge is 0.415 e. The Kier molecular flexibility index (Phi) is 6.45. The molecular formula is C27H23ClF2N2O4. The van der Waals surface area contributed by atoms with Crippen LogP contribution < -0.4 is 14.2 Å². The maximum Gasteiger partial charge on any atom is 0.415 e. The van der Waals surface area contributed by atoms with Gasteiger partial charge in [0.15, 0.2) is 23.1 Å². The number of fused-ring (bicyclic) bond motifs is 2. The summed E-state index contributed by atoms with van der Waals surface area (Å²) in [5.74, 6) is -0.468. The van der Waals surface area contributed by atoms with Crippen molar-refractivity contribution in [3.63, 3.8) is 0 Å². The molecule has 6 nitrogen and oxygen atoms in total. The Morgan fingerprint density at radius 1 is 1.03 bits per heavy atom. The van der Waals surface area contributed by atoms with Crippen LogP contribution in [0.15, 0.2) is 54.7 Å². The van der Waals surface area contributed by atoms with Crippen LogP contribution >= 0.6 is 11.6 Å². The largest absolute Gasteiger partial charge is 0.454 e. The van der Waals surface area contributed by atoms with Gasteiger partial charge in [0.2, 0.25) is 6.79 Å². The van der Waals surface area contributed by atoms with Crippen molar-refractivity contribution in [3.8, 4) is 28.4 Å². The molecular weight excluding hydrogens is 490 g/mol. The van der Waals surface area contributed by atoms with Gasteiger partial charge >= 0.3 is 6.09 Å². The molecule has 0 unspecified atom stereocenters. The fraction of sp³-hybridized carbons (Fsp3) is 0.222. The third-order valence-corrected chi connectivity index (χ3v) is 6.58. The van der Waals surface area contributed by atoms with Crippen LogP contribution in [-0.2, 0) is 6.54 Å². The number of carbonyl (C=O) groups excluding carboxylic acids is 1. The Labute approximate surface area is 211 Å². The third kappa shape index (κ3) is 4.33. The first-order chi connectivity index (χ1) is 17.4. The van der Waals surface area contributed by atoms with Gasteiger partial charge in [-0.2, -0.15) is 0 Å². The number of ether oxygens (including phenoxy) is 3. The lowest BCUT2D eigenvalue weighted by Crippen LogP contribution is -2.33. The first-order valence-corrected chi connectivity index (χ1v) is 11.9. The Morgan fingerprint density at radius 3 is 2.50 bits per heavy atom. The Morgan fingerprint density at radius 2 is 1.78 bits per heavy atom. The van der Waals surface area contributed by atoms with Crippen molar-refractivity contribution >= 4 is 28.6 Å². The van der Waals surface area contributed by atoms with Gasteiger partial charge in [-0.1, -0.05) is 17.7 Å². The zero-order valence-electron chi connectivity index (χ0n) is 19.7. The van der Waals surface area contributed by atoms with Gasteiger partial charge in [0.1, 0.15) is 5.75 Å². The highest BCUT2D eigenvalue weighted by Crippen LogP contribution is 2.40. The zero-order valence-corrected chi connectivity index (χ0v) is 20.4.